The molecule has 0 saturated heterocycles. The Bertz CT molecular complexity index is 935. The van der Waals surface area contributed by atoms with Crippen molar-refractivity contribution in [2.24, 2.45) is 0 Å². The third kappa shape index (κ3) is 5.01. The lowest BCUT2D eigenvalue weighted by atomic mass is 10.1. The number of hydrogen-bond donors (Lipinski definition) is 2. The number of esters is 1. The van der Waals surface area contributed by atoms with Crippen LogP contribution < -0.4 is 10.6 Å². The van der Waals surface area contributed by atoms with Gasteiger partial charge in [0.1, 0.15) is 0 Å². The second-order valence-corrected chi connectivity index (χ2v) is 6.49. The van der Waals surface area contributed by atoms with Gasteiger partial charge in [-0.3, -0.25) is 9.59 Å². The van der Waals surface area contributed by atoms with Gasteiger partial charge in [0.2, 0.25) is 11.7 Å². The van der Waals surface area contributed by atoms with Gasteiger partial charge in [-0.25, -0.2) is 4.79 Å². The van der Waals surface area contributed by atoms with E-state index < -0.39 is 23.8 Å². The number of Topliss-reactive ketones (excluding diaryl/α,β-unsaturated/α-hetero) is 1. The van der Waals surface area contributed by atoms with Gasteiger partial charge in [0.25, 0.3) is 5.91 Å². The zero-order chi connectivity index (χ0) is 20.8. The Morgan fingerprint density at radius 1 is 1.07 bits per heavy atom. The molecule has 0 unspecified atom stereocenters. The maximum absolute atomic E-state index is 12.5. The highest BCUT2D eigenvalue weighted by atomic mass is 16.6. The lowest BCUT2D eigenvalue weighted by Gasteiger charge is -2.14. The van der Waals surface area contributed by atoms with Crippen molar-refractivity contribution in [2.45, 2.75) is 26.4 Å². The van der Waals surface area contributed by atoms with Crippen LogP contribution in [0.3, 0.4) is 0 Å². The molecule has 1 heterocycles. The number of hydrogen-bond acceptors (Lipinski definition) is 6. The van der Waals surface area contributed by atoms with E-state index in [-0.39, 0.29) is 18.1 Å². The zero-order valence-electron chi connectivity index (χ0n) is 16.2. The van der Waals surface area contributed by atoms with E-state index in [4.69, 9.17) is 9.47 Å². The van der Waals surface area contributed by atoms with Gasteiger partial charge < -0.3 is 20.1 Å². The smallest absolute Gasteiger partial charge is 0.348 e. The summed E-state index contributed by atoms with van der Waals surface area (Å²) in [7, 11) is 0. The van der Waals surface area contributed by atoms with E-state index in [1.165, 1.54) is 6.92 Å². The molecule has 0 fully saturated rings. The van der Waals surface area contributed by atoms with Crippen molar-refractivity contribution in [1.82, 2.24) is 0 Å². The molecule has 0 bridgehead atoms. The van der Waals surface area contributed by atoms with Gasteiger partial charge in [0.15, 0.2) is 18.3 Å². The van der Waals surface area contributed by atoms with Crippen molar-refractivity contribution in [3.05, 3.63) is 71.6 Å². The summed E-state index contributed by atoms with van der Waals surface area (Å²) in [5, 5.41) is 5.58. The summed E-state index contributed by atoms with van der Waals surface area (Å²) in [5.74, 6) is -1.88. The lowest BCUT2D eigenvalue weighted by Crippen LogP contribution is -2.31. The highest BCUT2D eigenvalue weighted by molar-refractivity contribution is 6.20. The molecule has 150 valence electrons. The molecule has 1 amide bonds. The molecule has 1 aliphatic heterocycles. The topological polar surface area (TPSA) is 93.7 Å². The maximum Gasteiger partial charge on any atom is 0.348 e. The number of ketones is 1. The van der Waals surface area contributed by atoms with Gasteiger partial charge >= 0.3 is 5.97 Å². The van der Waals surface area contributed by atoms with Gasteiger partial charge in [0, 0.05) is 11.4 Å². The summed E-state index contributed by atoms with van der Waals surface area (Å²) >= 11 is 0. The molecule has 0 spiro atoms. The zero-order valence-corrected chi connectivity index (χ0v) is 16.2. The SMILES string of the molecule is CCc1ccc(NC(=O)[C@H](C)OC(=O)C2=C(Nc3ccccc3)OCC2=O)cc1. The summed E-state index contributed by atoms with van der Waals surface area (Å²) in [6.45, 7) is 3.22. The highest BCUT2D eigenvalue weighted by Gasteiger charge is 2.34. The van der Waals surface area contributed by atoms with E-state index in [2.05, 4.69) is 10.6 Å². The Morgan fingerprint density at radius 3 is 2.41 bits per heavy atom. The first kappa shape index (κ1) is 20.1. The van der Waals surface area contributed by atoms with Gasteiger partial charge in [0.05, 0.1) is 0 Å². The summed E-state index contributed by atoms with van der Waals surface area (Å²) in [6, 6.07) is 16.4. The van der Waals surface area contributed by atoms with Crippen LogP contribution in [-0.2, 0) is 30.3 Å². The first-order valence-electron chi connectivity index (χ1n) is 9.31. The standard InChI is InChI=1S/C22H22N2O5/c1-3-15-9-11-17(12-10-15)23-20(26)14(2)29-22(27)19-18(25)13-28-21(19)24-16-7-5-4-6-8-16/h4-12,14,24H,3,13H2,1-2H3,(H,23,26)/t14-/m0/s1. The van der Waals surface area contributed by atoms with E-state index in [1.807, 2.05) is 25.1 Å². The minimum atomic E-state index is -1.09. The predicted molar refractivity (Wildman–Crippen MR) is 108 cm³/mol. The lowest BCUT2D eigenvalue weighted by molar-refractivity contribution is -0.150. The molecule has 1 atom stereocenters. The second kappa shape index (κ2) is 9.05. The Hall–Kier alpha value is -3.61. The van der Waals surface area contributed by atoms with Crippen molar-refractivity contribution in [1.29, 1.82) is 0 Å². The molecule has 2 N–H and O–H groups in total. The Labute approximate surface area is 168 Å². The molecule has 29 heavy (non-hydrogen) atoms. The molecular formula is C22H22N2O5. The molecule has 1 aliphatic rings. The number of aryl methyl sites for hydroxylation is 1. The minimum absolute atomic E-state index is 0.0222. The molecule has 0 radical (unpaired) electrons. The quantitative estimate of drug-likeness (QED) is 0.554. The Balaban J connectivity index is 1.65. The van der Waals surface area contributed by atoms with Crippen molar-refractivity contribution < 1.29 is 23.9 Å². The number of carbonyl (C=O) groups excluding carboxylic acids is 3. The van der Waals surface area contributed by atoms with Crippen molar-refractivity contribution in [3.63, 3.8) is 0 Å². The number of carbonyl (C=O) groups is 3. The number of para-hydroxylation sites is 1. The number of amides is 1. The van der Waals surface area contributed by atoms with Crippen LogP contribution in [0.5, 0.6) is 0 Å². The summed E-state index contributed by atoms with van der Waals surface area (Å²) in [6.07, 6.45) is -0.195. The molecule has 7 heteroatoms. The number of ether oxygens (including phenoxy) is 2. The molecular weight excluding hydrogens is 372 g/mol. The van der Waals surface area contributed by atoms with Crippen LogP contribution in [0, 0.1) is 0 Å². The monoisotopic (exact) mass is 394 g/mol. The summed E-state index contributed by atoms with van der Waals surface area (Å²) in [5.41, 5.74) is 2.17. The van der Waals surface area contributed by atoms with Crippen molar-refractivity contribution >= 4 is 29.0 Å². The Morgan fingerprint density at radius 2 is 1.76 bits per heavy atom. The second-order valence-electron chi connectivity index (χ2n) is 6.49. The van der Waals surface area contributed by atoms with Crippen LogP contribution in [0.25, 0.3) is 0 Å². The fourth-order valence-corrected chi connectivity index (χ4v) is 2.71. The fourth-order valence-electron chi connectivity index (χ4n) is 2.71. The summed E-state index contributed by atoms with van der Waals surface area (Å²) < 4.78 is 10.5. The molecule has 7 nitrogen and oxygen atoms in total. The van der Waals surface area contributed by atoms with Gasteiger partial charge in [-0.15, -0.1) is 0 Å². The number of benzene rings is 2. The molecule has 2 aromatic carbocycles. The van der Waals surface area contributed by atoms with E-state index in [0.29, 0.717) is 11.4 Å². The van der Waals surface area contributed by atoms with Crippen LogP contribution in [-0.4, -0.2) is 30.4 Å². The van der Waals surface area contributed by atoms with Crippen LogP contribution >= 0.6 is 0 Å². The van der Waals surface area contributed by atoms with Crippen molar-refractivity contribution in [3.8, 4) is 0 Å². The van der Waals surface area contributed by atoms with Gasteiger partial charge in [-0.05, 0) is 43.2 Å². The third-order valence-corrected chi connectivity index (χ3v) is 4.37. The highest BCUT2D eigenvalue weighted by Crippen LogP contribution is 2.21. The normalized spacial score (nSPS) is 14.2. The Kier molecular flexibility index (Phi) is 6.29. The molecule has 0 saturated carbocycles. The fraction of sp³-hybridized carbons (Fsp3) is 0.227. The first-order valence-corrected chi connectivity index (χ1v) is 9.31. The summed E-state index contributed by atoms with van der Waals surface area (Å²) in [4.78, 5) is 36.9. The average Bonchev–Trinajstić information content (AvgIpc) is 3.09. The van der Waals surface area contributed by atoms with Crippen LogP contribution in [0.15, 0.2) is 66.1 Å². The van der Waals surface area contributed by atoms with Crippen LogP contribution in [0.1, 0.15) is 19.4 Å². The molecule has 2 aromatic rings. The molecule has 0 aliphatic carbocycles. The van der Waals surface area contributed by atoms with Crippen molar-refractivity contribution in [2.75, 3.05) is 17.2 Å². The minimum Gasteiger partial charge on any atom is -0.470 e. The maximum atomic E-state index is 12.5. The third-order valence-electron chi connectivity index (χ3n) is 4.37. The molecule has 0 aromatic heterocycles. The van der Waals surface area contributed by atoms with Crippen LogP contribution in [0.4, 0.5) is 11.4 Å². The largest absolute Gasteiger partial charge is 0.470 e. The van der Waals surface area contributed by atoms with E-state index in [1.54, 1.807) is 36.4 Å². The molecule has 3 rings (SSSR count). The van der Waals surface area contributed by atoms with Gasteiger partial charge in [-0.1, -0.05) is 37.3 Å². The van der Waals surface area contributed by atoms with Gasteiger partial charge in [-0.2, -0.15) is 0 Å². The van der Waals surface area contributed by atoms with E-state index in [0.717, 1.165) is 12.0 Å². The number of rotatable bonds is 7. The van der Waals surface area contributed by atoms with E-state index in [9.17, 15) is 14.4 Å². The average molecular weight is 394 g/mol. The number of nitrogens with one attached hydrogen (secondary N) is 2. The first-order chi connectivity index (χ1) is 14.0. The van der Waals surface area contributed by atoms with Crippen LogP contribution in [0.2, 0.25) is 0 Å². The number of anilines is 2. The predicted octanol–water partition coefficient (Wildman–Crippen LogP) is 3.04. The van der Waals surface area contributed by atoms with E-state index >= 15 is 0 Å².